The molecule has 0 saturated heterocycles. The highest BCUT2D eigenvalue weighted by molar-refractivity contribution is 7.92. The molecule has 2 rings (SSSR count). The predicted molar refractivity (Wildman–Crippen MR) is 78.8 cm³/mol. The summed E-state index contributed by atoms with van der Waals surface area (Å²) >= 11 is 1.12. The molecule has 2 N–H and O–H groups in total. The minimum atomic E-state index is -3.49. The number of anilines is 1. The lowest BCUT2D eigenvalue weighted by atomic mass is 10.2. The van der Waals surface area contributed by atoms with Crippen LogP contribution in [0.4, 0.5) is 5.13 Å². The summed E-state index contributed by atoms with van der Waals surface area (Å²) in [6, 6.07) is 8.91. The monoisotopic (exact) mass is 308 g/mol. The highest BCUT2D eigenvalue weighted by Gasteiger charge is 2.13. The Hall–Kier alpha value is -1.88. The van der Waals surface area contributed by atoms with Crippen LogP contribution in [-0.4, -0.2) is 25.1 Å². The van der Waals surface area contributed by atoms with Crippen LogP contribution in [-0.2, 0) is 15.8 Å². The maximum atomic E-state index is 12.0. The summed E-state index contributed by atoms with van der Waals surface area (Å²) in [4.78, 5) is 4.53. The summed E-state index contributed by atoms with van der Waals surface area (Å²) in [6.45, 7) is -0.243. The standard InChI is InChI=1S/C13H12N2O3S2/c16-8-4-7-12-9-14-13(19-12)15-20(17,18)10-11-5-2-1-3-6-11/h1-3,5-6,9,16H,8,10H2,(H,14,15). The average molecular weight is 308 g/mol. The predicted octanol–water partition coefficient (Wildman–Crippen LogP) is 1.43. The summed E-state index contributed by atoms with van der Waals surface area (Å²) < 4.78 is 26.4. The molecule has 0 radical (unpaired) electrons. The van der Waals surface area contributed by atoms with Crippen LogP contribution >= 0.6 is 11.3 Å². The van der Waals surface area contributed by atoms with Gasteiger partial charge in [0.05, 0.1) is 16.8 Å². The molecule has 0 aliphatic rings. The van der Waals surface area contributed by atoms with Crippen molar-refractivity contribution in [2.75, 3.05) is 11.3 Å². The lowest BCUT2D eigenvalue weighted by Gasteiger charge is -2.04. The molecule has 7 heteroatoms. The molecule has 5 nitrogen and oxygen atoms in total. The Balaban J connectivity index is 2.07. The smallest absolute Gasteiger partial charge is 0.238 e. The van der Waals surface area contributed by atoms with Crippen molar-refractivity contribution in [3.05, 3.63) is 47.0 Å². The third kappa shape index (κ3) is 4.35. The van der Waals surface area contributed by atoms with E-state index in [0.717, 1.165) is 11.3 Å². The fourth-order valence-corrected chi connectivity index (χ4v) is 3.58. The Labute approximate surface area is 121 Å². The van der Waals surface area contributed by atoms with Gasteiger partial charge in [-0.15, -0.1) is 0 Å². The maximum Gasteiger partial charge on any atom is 0.238 e. The molecule has 1 aromatic heterocycles. The number of aliphatic hydroxyl groups excluding tert-OH is 1. The van der Waals surface area contributed by atoms with Crippen LogP contribution in [0.1, 0.15) is 10.4 Å². The molecule has 0 aliphatic heterocycles. The van der Waals surface area contributed by atoms with Crippen molar-refractivity contribution >= 4 is 26.5 Å². The molecule has 0 fully saturated rings. The first-order chi connectivity index (χ1) is 9.59. The molecule has 0 saturated carbocycles. The number of aliphatic hydroxyl groups is 1. The summed E-state index contributed by atoms with van der Waals surface area (Å²) in [5.74, 6) is 5.04. The average Bonchev–Trinajstić information content (AvgIpc) is 2.83. The Morgan fingerprint density at radius 2 is 2.05 bits per heavy atom. The van der Waals surface area contributed by atoms with E-state index in [1.54, 1.807) is 24.3 Å². The van der Waals surface area contributed by atoms with Crippen LogP contribution in [0.25, 0.3) is 0 Å². The Morgan fingerprint density at radius 3 is 2.75 bits per heavy atom. The molecule has 0 unspecified atom stereocenters. The van der Waals surface area contributed by atoms with Gasteiger partial charge in [-0.2, -0.15) is 0 Å². The normalized spacial score (nSPS) is 10.7. The molecule has 0 atom stereocenters. The van der Waals surface area contributed by atoms with Crippen molar-refractivity contribution in [1.82, 2.24) is 4.98 Å². The molecule has 0 amide bonds. The Morgan fingerprint density at radius 1 is 1.30 bits per heavy atom. The highest BCUT2D eigenvalue weighted by atomic mass is 32.2. The van der Waals surface area contributed by atoms with Gasteiger partial charge in [-0.05, 0) is 5.56 Å². The van der Waals surface area contributed by atoms with Crippen LogP contribution in [0.5, 0.6) is 0 Å². The molecule has 2 aromatic rings. The fourth-order valence-electron chi connectivity index (χ4n) is 1.47. The van der Waals surface area contributed by atoms with Gasteiger partial charge in [0, 0.05) is 0 Å². The molecule has 20 heavy (non-hydrogen) atoms. The third-order valence-electron chi connectivity index (χ3n) is 2.24. The summed E-state index contributed by atoms with van der Waals surface area (Å²) in [6.07, 6.45) is 1.47. The third-order valence-corrected chi connectivity index (χ3v) is 4.41. The van der Waals surface area contributed by atoms with E-state index < -0.39 is 10.0 Å². The van der Waals surface area contributed by atoms with Gasteiger partial charge in [0.25, 0.3) is 0 Å². The van der Waals surface area contributed by atoms with E-state index in [0.29, 0.717) is 10.4 Å². The van der Waals surface area contributed by atoms with Crippen molar-refractivity contribution < 1.29 is 13.5 Å². The van der Waals surface area contributed by atoms with Gasteiger partial charge in [-0.25, -0.2) is 13.4 Å². The van der Waals surface area contributed by atoms with E-state index in [9.17, 15) is 8.42 Å². The van der Waals surface area contributed by atoms with Gasteiger partial charge in [-0.1, -0.05) is 53.5 Å². The zero-order valence-corrected chi connectivity index (χ0v) is 12.0. The highest BCUT2D eigenvalue weighted by Crippen LogP contribution is 2.19. The molecule has 1 heterocycles. The summed E-state index contributed by atoms with van der Waals surface area (Å²) in [5.41, 5.74) is 0.705. The second kappa shape index (κ2) is 6.52. The van der Waals surface area contributed by atoms with Crippen molar-refractivity contribution in [2.24, 2.45) is 0 Å². The van der Waals surface area contributed by atoms with Crippen molar-refractivity contribution in [3.8, 4) is 11.8 Å². The van der Waals surface area contributed by atoms with E-state index in [2.05, 4.69) is 21.5 Å². The maximum absolute atomic E-state index is 12.0. The topological polar surface area (TPSA) is 79.3 Å². The second-order valence-electron chi connectivity index (χ2n) is 3.84. The largest absolute Gasteiger partial charge is 0.384 e. The molecular weight excluding hydrogens is 296 g/mol. The van der Waals surface area contributed by atoms with Crippen LogP contribution in [0, 0.1) is 11.8 Å². The number of nitrogens with zero attached hydrogens (tertiary/aromatic N) is 1. The minimum Gasteiger partial charge on any atom is -0.384 e. The van der Waals surface area contributed by atoms with Gasteiger partial charge >= 0.3 is 0 Å². The molecule has 1 aromatic carbocycles. The second-order valence-corrected chi connectivity index (χ2v) is 6.59. The Bertz CT molecular complexity index is 728. The number of hydrogen-bond acceptors (Lipinski definition) is 5. The van der Waals surface area contributed by atoms with Crippen molar-refractivity contribution in [2.45, 2.75) is 5.75 Å². The van der Waals surface area contributed by atoms with Crippen LogP contribution in [0.2, 0.25) is 0 Å². The zero-order chi connectivity index (χ0) is 14.4. The lowest BCUT2D eigenvalue weighted by Crippen LogP contribution is -2.14. The van der Waals surface area contributed by atoms with Gasteiger partial charge in [0.15, 0.2) is 5.13 Å². The number of sulfonamides is 1. The SMILES string of the molecule is O=S(=O)(Cc1ccccc1)Nc1ncc(C#CCO)s1. The fraction of sp³-hybridized carbons (Fsp3) is 0.154. The quantitative estimate of drug-likeness (QED) is 0.838. The van der Waals surface area contributed by atoms with Gasteiger partial charge in [-0.3, -0.25) is 4.72 Å². The van der Waals surface area contributed by atoms with Gasteiger partial charge in [0.2, 0.25) is 10.0 Å². The van der Waals surface area contributed by atoms with Crippen molar-refractivity contribution in [1.29, 1.82) is 0 Å². The zero-order valence-electron chi connectivity index (χ0n) is 10.4. The van der Waals surface area contributed by atoms with Gasteiger partial charge < -0.3 is 5.11 Å². The summed E-state index contributed by atoms with van der Waals surface area (Å²) in [5, 5.41) is 8.85. The molecule has 0 spiro atoms. The van der Waals surface area contributed by atoms with Crippen molar-refractivity contribution in [3.63, 3.8) is 0 Å². The number of thiazole rings is 1. The minimum absolute atomic E-state index is 0.106. The van der Waals surface area contributed by atoms with Gasteiger partial charge in [0.1, 0.15) is 6.61 Å². The first-order valence-electron chi connectivity index (χ1n) is 5.69. The first kappa shape index (κ1) is 14.5. The Kier molecular flexibility index (Phi) is 4.74. The van der Waals surface area contributed by atoms with E-state index in [1.807, 2.05) is 6.07 Å². The van der Waals surface area contributed by atoms with E-state index >= 15 is 0 Å². The molecule has 104 valence electrons. The van der Waals surface area contributed by atoms with Crippen LogP contribution in [0.3, 0.4) is 0 Å². The molecule has 0 bridgehead atoms. The number of nitrogens with one attached hydrogen (secondary N) is 1. The number of rotatable bonds is 4. The number of benzene rings is 1. The van der Waals surface area contributed by atoms with E-state index in [-0.39, 0.29) is 17.5 Å². The lowest BCUT2D eigenvalue weighted by molar-refractivity contribution is 0.350. The molecule has 0 aliphatic carbocycles. The first-order valence-corrected chi connectivity index (χ1v) is 8.16. The number of hydrogen-bond donors (Lipinski definition) is 2. The summed E-state index contributed by atoms with van der Waals surface area (Å²) in [7, 11) is -3.49. The van der Waals surface area contributed by atoms with E-state index in [1.165, 1.54) is 6.20 Å². The number of aromatic nitrogens is 1. The molecular formula is C13H12N2O3S2. The van der Waals surface area contributed by atoms with Crippen LogP contribution in [0.15, 0.2) is 36.5 Å². The van der Waals surface area contributed by atoms with Crippen LogP contribution < -0.4 is 4.72 Å². The van der Waals surface area contributed by atoms with E-state index in [4.69, 9.17) is 5.11 Å².